The zero-order valence-corrected chi connectivity index (χ0v) is 8.27. The van der Waals surface area contributed by atoms with Crippen LogP contribution in [0.3, 0.4) is 0 Å². The van der Waals surface area contributed by atoms with Gasteiger partial charge in [0.05, 0.1) is 9.52 Å². The Kier molecular flexibility index (Phi) is 4.11. The molecule has 0 aromatic rings. The molecule has 0 rings (SSSR count). The van der Waals surface area contributed by atoms with Gasteiger partial charge in [0.15, 0.2) is 7.37 Å². The Bertz CT molecular complexity index is 129. The molecule has 0 atom stereocenters. The highest BCUT2D eigenvalue weighted by Crippen LogP contribution is 2.36. The lowest BCUT2D eigenvalue weighted by molar-refractivity contribution is 0.380. The summed E-state index contributed by atoms with van der Waals surface area (Å²) >= 11 is 0. The zero-order valence-electron chi connectivity index (χ0n) is 5.96. The molecule has 0 N–H and O–H groups in total. The molecule has 0 aliphatic heterocycles. The molecule has 0 aromatic carbocycles. The van der Waals surface area contributed by atoms with E-state index < -0.39 is 7.37 Å². The van der Waals surface area contributed by atoms with Crippen molar-refractivity contribution in [3.05, 3.63) is 12.3 Å². The molecule has 0 saturated carbocycles. The standard InChI is InChI=1S/C5H13O2PSi/c1-4-9-5-7-8(2,3)6/h4H,1,5,9H2,2-3H3. The minimum absolute atomic E-state index is 0.289. The van der Waals surface area contributed by atoms with Crippen LogP contribution in [0.15, 0.2) is 12.3 Å². The highest BCUT2D eigenvalue weighted by Gasteiger charge is 2.04. The maximum absolute atomic E-state index is 10.9. The molecule has 9 heavy (non-hydrogen) atoms. The normalized spacial score (nSPS) is 12.7. The lowest BCUT2D eigenvalue weighted by Gasteiger charge is -2.04. The van der Waals surface area contributed by atoms with Gasteiger partial charge in [0.2, 0.25) is 0 Å². The first kappa shape index (κ1) is 9.15. The third-order valence-corrected chi connectivity index (χ3v) is 2.72. The summed E-state index contributed by atoms with van der Waals surface area (Å²) < 4.78 is 15.9. The minimum atomic E-state index is -2.21. The Hall–Kier alpha value is 0.147. The first-order chi connectivity index (χ1) is 4.06. The van der Waals surface area contributed by atoms with Gasteiger partial charge in [0, 0.05) is 19.6 Å². The van der Waals surface area contributed by atoms with E-state index in [0.29, 0.717) is 6.23 Å². The number of hydrogen-bond acceptors (Lipinski definition) is 2. The molecule has 0 fully saturated rings. The van der Waals surface area contributed by atoms with Crippen molar-refractivity contribution in [2.24, 2.45) is 0 Å². The molecule has 0 bridgehead atoms. The van der Waals surface area contributed by atoms with Crippen LogP contribution in [0, 0.1) is 0 Å². The van der Waals surface area contributed by atoms with Crippen molar-refractivity contribution in [1.29, 1.82) is 0 Å². The van der Waals surface area contributed by atoms with E-state index in [-0.39, 0.29) is 9.52 Å². The predicted octanol–water partition coefficient (Wildman–Crippen LogP) is 0.810. The van der Waals surface area contributed by atoms with Crippen LogP contribution in [0.5, 0.6) is 0 Å². The minimum Gasteiger partial charge on any atom is -0.333 e. The quantitative estimate of drug-likeness (QED) is 0.349. The van der Waals surface area contributed by atoms with Crippen LogP contribution < -0.4 is 0 Å². The Balaban J connectivity index is 3.28. The van der Waals surface area contributed by atoms with E-state index >= 15 is 0 Å². The van der Waals surface area contributed by atoms with Crippen molar-refractivity contribution in [3.63, 3.8) is 0 Å². The Morgan fingerprint density at radius 3 is 2.67 bits per heavy atom. The molecule has 0 radical (unpaired) electrons. The number of hydrogen-bond donors (Lipinski definition) is 0. The first-order valence-corrected chi connectivity index (χ1v) is 7.20. The molecule has 0 aliphatic rings. The van der Waals surface area contributed by atoms with E-state index in [1.165, 1.54) is 0 Å². The maximum Gasteiger partial charge on any atom is 0.196 e. The molecule has 4 heteroatoms. The monoisotopic (exact) mass is 164 g/mol. The molecular formula is C5H13O2PSi. The predicted molar refractivity (Wildman–Crippen MR) is 44.1 cm³/mol. The topological polar surface area (TPSA) is 26.3 Å². The summed E-state index contributed by atoms with van der Waals surface area (Å²) in [7, 11) is -2.50. The van der Waals surface area contributed by atoms with Crippen molar-refractivity contribution in [1.82, 2.24) is 0 Å². The van der Waals surface area contributed by atoms with Crippen molar-refractivity contribution in [2.45, 2.75) is 0 Å². The van der Waals surface area contributed by atoms with Gasteiger partial charge in [0.25, 0.3) is 0 Å². The summed E-state index contributed by atoms with van der Waals surface area (Å²) in [5.41, 5.74) is 1.88. The highest BCUT2D eigenvalue weighted by atomic mass is 31.2. The molecular weight excluding hydrogens is 151 g/mol. The average molecular weight is 164 g/mol. The van der Waals surface area contributed by atoms with Gasteiger partial charge in [-0.25, -0.2) is 0 Å². The van der Waals surface area contributed by atoms with Crippen LogP contribution in [0.25, 0.3) is 0 Å². The lowest BCUT2D eigenvalue weighted by Crippen LogP contribution is -1.97. The van der Waals surface area contributed by atoms with Gasteiger partial charge in [-0.3, -0.25) is 4.57 Å². The SMILES string of the molecule is C=C[SiH2]COP(C)(C)=O. The molecule has 0 aliphatic carbocycles. The smallest absolute Gasteiger partial charge is 0.196 e. The molecule has 54 valence electrons. The van der Waals surface area contributed by atoms with Crippen molar-refractivity contribution >= 4 is 16.9 Å². The second-order valence-electron chi connectivity index (χ2n) is 2.16. The van der Waals surface area contributed by atoms with Gasteiger partial charge < -0.3 is 4.52 Å². The molecule has 0 aromatic heterocycles. The van der Waals surface area contributed by atoms with E-state index in [2.05, 4.69) is 6.58 Å². The summed E-state index contributed by atoms with van der Waals surface area (Å²) in [4.78, 5) is 0. The van der Waals surface area contributed by atoms with E-state index in [0.717, 1.165) is 0 Å². The van der Waals surface area contributed by atoms with Crippen molar-refractivity contribution in [3.8, 4) is 0 Å². The fraction of sp³-hybridized carbons (Fsp3) is 0.600. The van der Waals surface area contributed by atoms with Crippen LogP contribution in [0.2, 0.25) is 0 Å². The fourth-order valence-electron chi connectivity index (χ4n) is 0.356. The highest BCUT2D eigenvalue weighted by molar-refractivity contribution is 7.57. The Morgan fingerprint density at radius 1 is 1.78 bits per heavy atom. The van der Waals surface area contributed by atoms with E-state index in [9.17, 15) is 4.57 Å². The summed E-state index contributed by atoms with van der Waals surface area (Å²) in [5.74, 6) is 0. The van der Waals surface area contributed by atoms with E-state index in [4.69, 9.17) is 4.52 Å². The second kappa shape index (κ2) is 4.04. The van der Waals surface area contributed by atoms with E-state index in [1.807, 2.05) is 5.70 Å². The number of rotatable bonds is 4. The first-order valence-electron chi connectivity index (χ1n) is 2.86. The molecule has 0 spiro atoms. The third kappa shape index (κ3) is 8.15. The molecule has 0 amide bonds. The van der Waals surface area contributed by atoms with Crippen LogP contribution in [0.4, 0.5) is 0 Å². The van der Waals surface area contributed by atoms with Gasteiger partial charge in [-0.2, -0.15) is 0 Å². The zero-order chi connectivity index (χ0) is 7.33. The largest absolute Gasteiger partial charge is 0.333 e. The summed E-state index contributed by atoms with van der Waals surface area (Å²) in [6.45, 7) is 6.83. The average Bonchev–Trinajstić information content (AvgIpc) is 1.63. The van der Waals surface area contributed by atoms with Gasteiger partial charge >= 0.3 is 0 Å². The molecule has 0 saturated heterocycles. The van der Waals surface area contributed by atoms with Crippen LogP contribution in [-0.2, 0) is 9.09 Å². The summed E-state index contributed by atoms with van der Waals surface area (Å²) in [6, 6.07) is 0. The molecule has 2 nitrogen and oxygen atoms in total. The Morgan fingerprint density at radius 2 is 2.33 bits per heavy atom. The summed E-state index contributed by atoms with van der Waals surface area (Å²) in [6.07, 6.45) is 0.660. The maximum atomic E-state index is 10.9. The van der Waals surface area contributed by atoms with Gasteiger partial charge in [0.1, 0.15) is 0 Å². The van der Waals surface area contributed by atoms with Crippen LogP contribution in [-0.4, -0.2) is 29.1 Å². The molecule has 0 heterocycles. The van der Waals surface area contributed by atoms with Crippen molar-refractivity contribution in [2.75, 3.05) is 19.6 Å². The lowest BCUT2D eigenvalue weighted by atomic mass is 11.3. The van der Waals surface area contributed by atoms with Crippen molar-refractivity contribution < 1.29 is 9.09 Å². The third-order valence-electron chi connectivity index (χ3n) is 0.724. The second-order valence-corrected chi connectivity index (χ2v) is 6.49. The van der Waals surface area contributed by atoms with Crippen LogP contribution in [0.1, 0.15) is 0 Å². The Labute approximate surface area is 58.6 Å². The van der Waals surface area contributed by atoms with E-state index in [1.54, 1.807) is 13.3 Å². The molecule has 0 unspecified atom stereocenters. The summed E-state index contributed by atoms with van der Waals surface area (Å²) in [5, 5.41) is 0. The fourth-order valence-corrected chi connectivity index (χ4v) is 2.70. The van der Waals surface area contributed by atoms with Gasteiger partial charge in [-0.15, -0.1) is 12.3 Å². The van der Waals surface area contributed by atoms with Gasteiger partial charge in [-0.1, -0.05) is 0 Å². The van der Waals surface area contributed by atoms with Gasteiger partial charge in [-0.05, 0) is 0 Å². The van der Waals surface area contributed by atoms with Crippen LogP contribution >= 0.6 is 7.37 Å².